The van der Waals surface area contributed by atoms with Crippen molar-refractivity contribution in [2.45, 2.75) is 32.7 Å². The lowest BCUT2D eigenvalue weighted by Crippen LogP contribution is -2.19. The number of benzene rings is 1. The predicted octanol–water partition coefficient (Wildman–Crippen LogP) is 2.81. The van der Waals surface area contributed by atoms with Crippen LogP contribution in [-0.4, -0.2) is 9.78 Å². The maximum absolute atomic E-state index is 14.0. The molecule has 0 aliphatic carbocycles. The number of rotatable bonds is 4. The van der Waals surface area contributed by atoms with Crippen molar-refractivity contribution in [3.8, 4) is 0 Å². The normalized spacial score (nSPS) is 12.7. The van der Waals surface area contributed by atoms with E-state index in [1.165, 1.54) is 12.1 Å². The maximum Gasteiger partial charge on any atom is 0.133 e. The summed E-state index contributed by atoms with van der Waals surface area (Å²) in [5, 5.41) is 4.31. The van der Waals surface area contributed by atoms with E-state index in [1.807, 2.05) is 20.0 Å². The molecule has 20 heavy (non-hydrogen) atoms. The predicted molar refractivity (Wildman–Crippen MR) is 74.3 cm³/mol. The largest absolute Gasteiger partial charge is 0.323 e. The van der Waals surface area contributed by atoms with Crippen LogP contribution in [0.5, 0.6) is 0 Å². The molecule has 0 saturated heterocycles. The molecule has 1 unspecified atom stereocenters. The summed E-state index contributed by atoms with van der Waals surface area (Å²) in [5.41, 5.74) is 8.16. The molecule has 0 spiro atoms. The maximum atomic E-state index is 14.0. The summed E-state index contributed by atoms with van der Waals surface area (Å²) in [6, 6.07) is 3.87. The first-order chi connectivity index (χ1) is 9.43. The van der Waals surface area contributed by atoms with Gasteiger partial charge in [0.25, 0.3) is 0 Å². The molecule has 0 bridgehead atoms. The SMILES string of the molecule is CCc1cc(CC(N)c2c(F)ccc(C)c2F)n(C)n1. The Bertz CT molecular complexity index is 620. The van der Waals surface area contributed by atoms with Crippen LogP contribution in [0.25, 0.3) is 0 Å². The summed E-state index contributed by atoms with van der Waals surface area (Å²) in [4.78, 5) is 0. The fourth-order valence-electron chi connectivity index (χ4n) is 2.28. The molecule has 1 heterocycles. The first-order valence-corrected chi connectivity index (χ1v) is 6.65. The Labute approximate surface area is 117 Å². The molecule has 0 radical (unpaired) electrons. The molecule has 1 aromatic carbocycles. The Balaban J connectivity index is 2.30. The summed E-state index contributed by atoms with van der Waals surface area (Å²) in [6.07, 6.45) is 1.16. The molecule has 3 nitrogen and oxygen atoms in total. The number of hydrogen-bond acceptors (Lipinski definition) is 2. The average Bonchev–Trinajstić information content (AvgIpc) is 2.75. The van der Waals surface area contributed by atoms with Crippen LogP contribution in [0.4, 0.5) is 8.78 Å². The van der Waals surface area contributed by atoms with E-state index in [2.05, 4.69) is 5.10 Å². The van der Waals surface area contributed by atoms with E-state index in [4.69, 9.17) is 5.73 Å². The van der Waals surface area contributed by atoms with Crippen LogP contribution in [0.1, 0.15) is 35.5 Å². The Morgan fingerprint density at radius 1 is 1.35 bits per heavy atom. The summed E-state index contributed by atoms with van der Waals surface area (Å²) in [5.74, 6) is -1.16. The van der Waals surface area contributed by atoms with Crippen LogP contribution in [-0.2, 0) is 19.9 Å². The zero-order valence-corrected chi connectivity index (χ0v) is 12.0. The number of nitrogens with two attached hydrogens (primary N) is 1. The minimum Gasteiger partial charge on any atom is -0.323 e. The Morgan fingerprint density at radius 2 is 2.05 bits per heavy atom. The van der Waals surface area contributed by atoms with Gasteiger partial charge in [0, 0.05) is 30.8 Å². The molecule has 0 aliphatic heterocycles. The molecule has 2 rings (SSSR count). The van der Waals surface area contributed by atoms with Crippen molar-refractivity contribution < 1.29 is 8.78 Å². The van der Waals surface area contributed by atoms with Crippen LogP contribution >= 0.6 is 0 Å². The van der Waals surface area contributed by atoms with Crippen molar-refractivity contribution in [1.29, 1.82) is 0 Å². The molecule has 108 valence electrons. The second-order valence-electron chi connectivity index (χ2n) is 5.01. The molecule has 0 amide bonds. The van der Waals surface area contributed by atoms with Crippen molar-refractivity contribution in [3.05, 3.63) is 52.3 Å². The molecule has 5 heteroatoms. The van der Waals surface area contributed by atoms with Gasteiger partial charge in [-0.1, -0.05) is 13.0 Å². The van der Waals surface area contributed by atoms with E-state index in [0.29, 0.717) is 12.0 Å². The van der Waals surface area contributed by atoms with Crippen molar-refractivity contribution in [1.82, 2.24) is 9.78 Å². The van der Waals surface area contributed by atoms with Gasteiger partial charge in [-0.3, -0.25) is 4.68 Å². The monoisotopic (exact) mass is 279 g/mol. The van der Waals surface area contributed by atoms with Crippen molar-refractivity contribution >= 4 is 0 Å². The third kappa shape index (κ3) is 2.72. The molecule has 1 atom stereocenters. The van der Waals surface area contributed by atoms with Crippen LogP contribution in [0.3, 0.4) is 0 Å². The third-order valence-corrected chi connectivity index (χ3v) is 3.51. The average molecular weight is 279 g/mol. The molecular weight excluding hydrogens is 260 g/mol. The lowest BCUT2D eigenvalue weighted by molar-refractivity contribution is 0.513. The molecule has 1 aromatic heterocycles. The van der Waals surface area contributed by atoms with E-state index in [-0.39, 0.29) is 5.56 Å². The highest BCUT2D eigenvalue weighted by Gasteiger charge is 2.20. The molecular formula is C15H19F2N3. The molecule has 2 N–H and O–H groups in total. The summed E-state index contributed by atoms with van der Waals surface area (Å²) in [6.45, 7) is 3.61. The van der Waals surface area contributed by atoms with Crippen molar-refractivity contribution in [2.24, 2.45) is 12.8 Å². The van der Waals surface area contributed by atoms with Gasteiger partial charge >= 0.3 is 0 Å². The first kappa shape index (κ1) is 14.7. The molecule has 0 fully saturated rings. The number of nitrogens with zero attached hydrogens (tertiary/aromatic N) is 2. The van der Waals surface area contributed by atoms with E-state index < -0.39 is 17.7 Å². The Hall–Kier alpha value is -1.75. The molecule has 0 aliphatic rings. The number of aromatic nitrogens is 2. The van der Waals surface area contributed by atoms with Crippen molar-refractivity contribution in [2.75, 3.05) is 0 Å². The number of aryl methyl sites for hydroxylation is 3. The summed E-state index contributed by atoms with van der Waals surface area (Å²) >= 11 is 0. The number of hydrogen-bond donors (Lipinski definition) is 1. The van der Waals surface area contributed by atoms with E-state index in [0.717, 1.165) is 17.8 Å². The van der Waals surface area contributed by atoms with E-state index in [9.17, 15) is 8.78 Å². The third-order valence-electron chi connectivity index (χ3n) is 3.51. The molecule has 0 saturated carbocycles. The van der Waals surface area contributed by atoms with Gasteiger partial charge in [-0.25, -0.2) is 8.78 Å². The second-order valence-corrected chi connectivity index (χ2v) is 5.01. The lowest BCUT2D eigenvalue weighted by atomic mass is 9.99. The topological polar surface area (TPSA) is 43.8 Å². The van der Waals surface area contributed by atoms with Gasteiger partial charge in [-0.2, -0.15) is 5.10 Å². The summed E-state index contributed by atoms with van der Waals surface area (Å²) < 4.78 is 29.6. The fourth-order valence-corrected chi connectivity index (χ4v) is 2.28. The zero-order valence-electron chi connectivity index (χ0n) is 12.0. The highest BCUT2D eigenvalue weighted by atomic mass is 19.1. The lowest BCUT2D eigenvalue weighted by Gasteiger charge is -2.15. The van der Waals surface area contributed by atoms with Gasteiger partial charge in [-0.15, -0.1) is 0 Å². The molecule has 2 aromatic rings. The highest BCUT2D eigenvalue weighted by molar-refractivity contribution is 5.30. The highest BCUT2D eigenvalue weighted by Crippen LogP contribution is 2.24. The van der Waals surface area contributed by atoms with Gasteiger partial charge < -0.3 is 5.73 Å². The Morgan fingerprint density at radius 3 is 2.65 bits per heavy atom. The summed E-state index contributed by atoms with van der Waals surface area (Å²) in [7, 11) is 1.81. The standard InChI is InChI=1S/C15H19F2N3/c1-4-10-7-11(20(3)19-10)8-13(18)14-12(16)6-5-9(2)15(14)17/h5-7,13H,4,8,18H2,1-3H3. The fraction of sp³-hybridized carbons (Fsp3) is 0.400. The zero-order chi connectivity index (χ0) is 14.9. The minimum atomic E-state index is -0.727. The number of halogens is 2. The van der Waals surface area contributed by atoms with Crippen LogP contribution < -0.4 is 5.73 Å². The van der Waals surface area contributed by atoms with Crippen molar-refractivity contribution in [3.63, 3.8) is 0 Å². The second kappa shape index (κ2) is 5.71. The van der Waals surface area contributed by atoms with Gasteiger partial charge in [0.2, 0.25) is 0 Å². The van der Waals surface area contributed by atoms with E-state index in [1.54, 1.807) is 11.6 Å². The minimum absolute atomic E-state index is 0.0516. The van der Waals surface area contributed by atoms with Gasteiger partial charge in [0.15, 0.2) is 0 Å². The Kier molecular flexibility index (Phi) is 4.18. The quantitative estimate of drug-likeness (QED) is 0.935. The van der Waals surface area contributed by atoms with Gasteiger partial charge in [-0.05, 0) is 31.0 Å². The van der Waals surface area contributed by atoms with Crippen LogP contribution in [0.2, 0.25) is 0 Å². The van der Waals surface area contributed by atoms with E-state index >= 15 is 0 Å². The van der Waals surface area contributed by atoms with Crippen LogP contribution in [0, 0.1) is 18.6 Å². The first-order valence-electron chi connectivity index (χ1n) is 6.65. The van der Waals surface area contributed by atoms with Crippen LogP contribution in [0.15, 0.2) is 18.2 Å². The van der Waals surface area contributed by atoms with Gasteiger partial charge in [0.05, 0.1) is 5.69 Å². The smallest absolute Gasteiger partial charge is 0.133 e. The van der Waals surface area contributed by atoms with Gasteiger partial charge in [0.1, 0.15) is 11.6 Å².